The average Bonchev–Trinajstić information content (AvgIpc) is 3.20. The number of hydrogen-bond acceptors (Lipinski definition) is 6. The van der Waals surface area contributed by atoms with Gasteiger partial charge in [-0.1, -0.05) is 32.9 Å². The molecule has 8 heteroatoms. The molecular weight excluding hydrogens is 446 g/mol. The number of carboxylic acid groups (broad SMARTS) is 1. The van der Waals surface area contributed by atoms with Crippen molar-refractivity contribution in [2.24, 2.45) is 0 Å². The predicted molar refractivity (Wildman–Crippen MR) is 137 cm³/mol. The highest BCUT2D eigenvalue weighted by molar-refractivity contribution is 5.78. The van der Waals surface area contributed by atoms with E-state index in [1.807, 2.05) is 44.4 Å². The molecule has 0 saturated carbocycles. The van der Waals surface area contributed by atoms with Gasteiger partial charge in [0.1, 0.15) is 18.9 Å². The highest BCUT2D eigenvalue weighted by Gasteiger charge is 2.22. The monoisotopic (exact) mass is 481 g/mol. The lowest BCUT2D eigenvalue weighted by Gasteiger charge is -2.22. The van der Waals surface area contributed by atoms with Crippen LogP contribution >= 0.6 is 0 Å². The van der Waals surface area contributed by atoms with E-state index in [0.717, 1.165) is 17.7 Å². The van der Waals surface area contributed by atoms with Gasteiger partial charge >= 0.3 is 5.97 Å². The maximum atomic E-state index is 11.7. The van der Waals surface area contributed by atoms with Crippen molar-refractivity contribution >= 4 is 5.97 Å². The Morgan fingerprint density at radius 1 is 1.03 bits per heavy atom. The highest BCUT2D eigenvalue weighted by atomic mass is 16.5. The number of rotatable bonds is 10. The Morgan fingerprint density at radius 3 is 2.37 bits per heavy atom. The topological polar surface area (TPSA) is 86.1 Å². The van der Waals surface area contributed by atoms with Crippen molar-refractivity contribution in [2.75, 3.05) is 41.5 Å². The van der Waals surface area contributed by atoms with Crippen LogP contribution in [0.1, 0.15) is 26.3 Å². The minimum absolute atomic E-state index is 0.0708. The summed E-state index contributed by atoms with van der Waals surface area (Å²) in [4.78, 5) is 13.7. The molecule has 0 spiro atoms. The molecule has 3 rings (SSSR count). The van der Waals surface area contributed by atoms with E-state index in [1.54, 1.807) is 20.3 Å². The molecule has 0 bridgehead atoms. The van der Waals surface area contributed by atoms with Crippen LogP contribution in [-0.4, -0.2) is 67.2 Å². The van der Waals surface area contributed by atoms with Crippen LogP contribution in [0.3, 0.4) is 0 Å². The first kappa shape index (κ1) is 26.1. The summed E-state index contributed by atoms with van der Waals surface area (Å²) >= 11 is 0. The van der Waals surface area contributed by atoms with Gasteiger partial charge in [0.25, 0.3) is 0 Å². The standard InChI is InChI=1S/C27H35N3O5/c1-27(2,3)18-11-12-20(24(15-18)35-14-13-29(4)5)22-16-21(28-30(22)17-25(31)32)19-9-8-10-23(33-6)26(19)34-7/h8-12,15-16H,13-14,17H2,1-7H3,(H,31,32). The van der Waals surface area contributed by atoms with Crippen molar-refractivity contribution < 1.29 is 24.1 Å². The van der Waals surface area contributed by atoms with Crippen molar-refractivity contribution in [3.63, 3.8) is 0 Å². The highest BCUT2D eigenvalue weighted by Crippen LogP contribution is 2.40. The van der Waals surface area contributed by atoms with Crippen LogP contribution < -0.4 is 14.2 Å². The van der Waals surface area contributed by atoms with Crippen molar-refractivity contribution in [1.82, 2.24) is 14.7 Å². The zero-order chi connectivity index (χ0) is 25.8. The first-order valence-electron chi connectivity index (χ1n) is 11.5. The Balaban J connectivity index is 2.18. The molecule has 0 radical (unpaired) electrons. The Morgan fingerprint density at radius 2 is 1.77 bits per heavy atom. The number of carbonyl (C=O) groups is 1. The van der Waals surface area contributed by atoms with Crippen LogP contribution in [0.4, 0.5) is 0 Å². The fourth-order valence-electron chi connectivity index (χ4n) is 3.76. The second kappa shape index (κ2) is 10.8. The third kappa shape index (κ3) is 6.14. The summed E-state index contributed by atoms with van der Waals surface area (Å²) in [6, 6.07) is 13.5. The number of methoxy groups -OCH3 is 2. The lowest BCUT2D eigenvalue weighted by Crippen LogP contribution is -2.20. The van der Waals surface area contributed by atoms with Crippen LogP contribution in [0.2, 0.25) is 0 Å². The smallest absolute Gasteiger partial charge is 0.325 e. The fourth-order valence-corrected chi connectivity index (χ4v) is 3.76. The van der Waals surface area contributed by atoms with Crippen LogP contribution in [0.15, 0.2) is 42.5 Å². The van der Waals surface area contributed by atoms with Crippen molar-refractivity contribution in [1.29, 1.82) is 0 Å². The van der Waals surface area contributed by atoms with E-state index >= 15 is 0 Å². The van der Waals surface area contributed by atoms with Gasteiger partial charge in [-0.05, 0) is 55.4 Å². The maximum Gasteiger partial charge on any atom is 0.325 e. The molecule has 0 aliphatic heterocycles. The van der Waals surface area contributed by atoms with Crippen LogP contribution in [-0.2, 0) is 16.8 Å². The molecule has 1 N–H and O–H groups in total. The van der Waals surface area contributed by atoms with Gasteiger partial charge in [0.15, 0.2) is 11.5 Å². The second-order valence-corrected chi connectivity index (χ2v) is 9.62. The third-order valence-corrected chi connectivity index (χ3v) is 5.66. The number of para-hydroxylation sites is 1. The van der Waals surface area contributed by atoms with Gasteiger partial charge in [-0.25, -0.2) is 0 Å². The Labute approximate surface area is 207 Å². The SMILES string of the molecule is COc1cccc(-c2cc(-c3ccc(C(C)(C)C)cc3OCCN(C)C)n(CC(=O)O)n2)c1OC. The number of aromatic nitrogens is 2. The van der Waals surface area contributed by atoms with E-state index in [9.17, 15) is 9.90 Å². The summed E-state index contributed by atoms with van der Waals surface area (Å²) < 4.78 is 18.7. The molecule has 1 aromatic heterocycles. The van der Waals surface area contributed by atoms with E-state index in [0.29, 0.717) is 40.8 Å². The zero-order valence-electron chi connectivity index (χ0n) is 21.6. The zero-order valence-corrected chi connectivity index (χ0v) is 21.6. The van der Waals surface area contributed by atoms with Gasteiger partial charge in [-0.15, -0.1) is 0 Å². The average molecular weight is 482 g/mol. The van der Waals surface area contributed by atoms with E-state index in [2.05, 4.69) is 36.8 Å². The summed E-state index contributed by atoms with van der Waals surface area (Å²) in [6.07, 6.45) is 0. The largest absolute Gasteiger partial charge is 0.493 e. The molecule has 0 aliphatic rings. The normalized spacial score (nSPS) is 11.5. The molecule has 35 heavy (non-hydrogen) atoms. The number of nitrogens with zero attached hydrogens (tertiary/aromatic N) is 3. The third-order valence-electron chi connectivity index (χ3n) is 5.66. The summed E-state index contributed by atoms with van der Waals surface area (Å²) in [7, 11) is 7.12. The van der Waals surface area contributed by atoms with Crippen LogP contribution in [0.5, 0.6) is 17.2 Å². The number of benzene rings is 2. The van der Waals surface area contributed by atoms with Gasteiger partial charge in [-0.3, -0.25) is 9.48 Å². The molecule has 0 saturated heterocycles. The van der Waals surface area contributed by atoms with Gasteiger partial charge in [0.05, 0.1) is 25.6 Å². The molecule has 0 atom stereocenters. The van der Waals surface area contributed by atoms with Crippen molar-refractivity contribution in [3.05, 3.63) is 48.0 Å². The molecule has 0 aliphatic carbocycles. The minimum Gasteiger partial charge on any atom is -0.493 e. The van der Waals surface area contributed by atoms with Crippen LogP contribution in [0.25, 0.3) is 22.5 Å². The predicted octanol–water partition coefficient (Wildman–Crippen LogP) is 4.56. The van der Waals surface area contributed by atoms with Crippen molar-refractivity contribution in [3.8, 4) is 39.8 Å². The summed E-state index contributed by atoms with van der Waals surface area (Å²) in [5.41, 5.74) is 3.76. The van der Waals surface area contributed by atoms with E-state index in [-0.39, 0.29) is 12.0 Å². The van der Waals surface area contributed by atoms with Gasteiger partial charge < -0.3 is 24.2 Å². The molecule has 2 aromatic carbocycles. The molecular formula is C27H35N3O5. The van der Waals surface area contributed by atoms with E-state index in [1.165, 1.54) is 4.68 Å². The molecule has 0 fully saturated rings. The molecule has 1 heterocycles. The van der Waals surface area contributed by atoms with Gasteiger partial charge in [-0.2, -0.15) is 5.10 Å². The maximum absolute atomic E-state index is 11.7. The Bertz CT molecular complexity index is 1180. The number of ether oxygens (including phenoxy) is 3. The summed E-state index contributed by atoms with van der Waals surface area (Å²) in [5.74, 6) is 0.809. The van der Waals surface area contributed by atoms with E-state index in [4.69, 9.17) is 14.2 Å². The Kier molecular flexibility index (Phi) is 8.07. The van der Waals surface area contributed by atoms with E-state index < -0.39 is 5.97 Å². The summed E-state index contributed by atoms with van der Waals surface area (Å²) in [6.45, 7) is 7.39. The number of carboxylic acids is 1. The first-order valence-corrected chi connectivity index (χ1v) is 11.5. The summed E-state index contributed by atoms with van der Waals surface area (Å²) in [5, 5.41) is 14.2. The minimum atomic E-state index is -0.986. The second-order valence-electron chi connectivity index (χ2n) is 9.62. The molecule has 0 amide bonds. The van der Waals surface area contributed by atoms with Gasteiger partial charge in [0.2, 0.25) is 0 Å². The molecule has 8 nitrogen and oxygen atoms in total. The molecule has 0 unspecified atom stereocenters. The number of hydrogen-bond donors (Lipinski definition) is 1. The fraction of sp³-hybridized carbons (Fsp3) is 0.407. The first-order chi connectivity index (χ1) is 16.5. The van der Waals surface area contributed by atoms with Crippen molar-refractivity contribution in [2.45, 2.75) is 32.7 Å². The quantitative estimate of drug-likeness (QED) is 0.454. The Hall–Kier alpha value is -3.52. The van der Waals surface area contributed by atoms with Gasteiger partial charge in [0, 0.05) is 17.7 Å². The molecule has 3 aromatic rings. The molecule has 188 valence electrons. The number of aliphatic carboxylic acids is 1. The number of likely N-dealkylation sites (N-methyl/N-ethyl adjacent to an activating group) is 1. The lowest BCUT2D eigenvalue weighted by molar-refractivity contribution is -0.137. The lowest BCUT2D eigenvalue weighted by atomic mass is 9.86. The van der Waals surface area contributed by atoms with Crippen LogP contribution in [0, 0.1) is 0 Å².